The summed E-state index contributed by atoms with van der Waals surface area (Å²) in [5, 5.41) is 0. The van der Waals surface area contributed by atoms with Crippen molar-refractivity contribution in [2.75, 3.05) is 10.6 Å². The van der Waals surface area contributed by atoms with Gasteiger partial charge in [-0.25, -0.2) is 9.29 Å². The Morgan fingerprint density at radius 3 is 2.29 bits per heavy atom. The van der Waals surface area contributed by atoms with Crippen molar-refractivity contribution in [1.82, 2.24) is 0 Å². The van der Waals surface area contributed by atoms with Gasteiger partial charge < -0.3 is 5.73 Å². The lowest BCUT2D eigenvalue weighted by molar-refractivity contribution is -0.134. The van der Waals surface area contributed by atoms with Crippen molar-refractivity contribution in [1.29, 1.82) is 0 Å². The SMILES string of the molecule is Nc1ccc(F)cc1N1C(=O)CC2(CCCCC2)CC1=O. The van der Waals surface area contributed by atoms with E-state index in [0.717, 1.165) is 36.6 Å². The minimum atomic E-state index is -0.502. The number of anilines is 2. The van der Waals surface area contributed by atoms with E-state index in [4.69, 9.17) is 5.73 Å². The van der Waals surface area contributed by atoms with E-state index in [1.54, 1.807) is 0 Å². The van der Waals surface area contributed by atoms with E-state index in [2.05, 4.69) is 0 Å². The fourth-order valence-corrected chi connectivity index (χ4v) is 3.64. The number of piperidine rings is 1. The number of carbonyl (C=O) groups is 2. The molecule has 112 valence electrons. The maximum Gasteiger partial charge on any atom is 0.234 e. The van der Waals surface area contributed by atoms with Gasteiger partial charge in [-0.05, 0) is 30.4 Å². The second-order valence-corrected chi connectivity index (χ2v) is 6.24. The molecule has 0 atom stereocenters. The monoisotopic (exact) mass is 290 g/mol. The van der Waals surface area contributed by atoms with Gasteiger partial charge in [0.1, 0.15) is 5.82 Å². The first-order valence-corrected chi connectivity index (χ1v) is 7.42. The van der Waals surface area contributed by atoms with Crippen LogP contribution >= 0.6 is 0 Å². The molecule has 2 amide bonds. The molecule has 1 spiro atoms. The number of nitrogens with two attached hydrogens (primary N) is 1. The number of amides is 2. The van der Waals surface area contributed by atoms with Crippen molar-refractivity contribution >= 4 is 23.2 Å². The second kappa shape index (κ2) is 5.13. The Kier molecular flexibility index (Phi) is 3.43. The maximum atomic E-state index is 13.4. The lowest BCUT2D eigenvalue weighted by atomic mass is 9.67. The highest BCUT2D eigenvalue weighted by atomic mass is 19.1. The summed E-state index contributed by atoms with van der Waals surface area (Å²) in [6.07, 6.45) is 5.88. The van der Waals surface area contributed by atoms with E-state index in [1.165, 1.54) is 18.6 Å². The zero-order valence-electron chi connectivity index (χ0n) is 11.9. The van der Waals surface area contributed by atoms with Gasteiger partial charge in [-0.15, -0.1) is 0 Å². The van der Waals surface area contributed by atoms with Gasteiger partial charge in [0, 0.05) is 18.9 Å². The molecule has 1 heterocycles. The van der Waals surface area contributed by atoms with Crippen LogP contribution < -0.4 is 10.6 Å². The van der Waals surface area contributed by atoms with Crippen molar-refractivity contribution in [2.24, 2.45) is 5.41 Å². The average Bonchev–Trinajstić information content (AvgIpc) is 2.42. The summed E-state index contributed by atoms with van der Waals surface area (Å²) in [6, 6.07) is 3.76. The molecular weight excluding hydrogens is 271 g/mol. The summed E-state index contributed by atoms with van der Waals surface area (Å²) in [6.45, 7) is 0. The highest BCUT2D eigenvalue weighted by Crippen LogP contribution is 2.46. The lowest BCUT2D eigenvalue weighted by Crippen LogP contribution is -2.49. The van der Waals surface area contributed by atoms with Crippen molar-refractivity contribution in [3.63, 3.8) is 0 Å². The number of rotatable bonds is 1. The molecule has 0 radical (unpaired) electrons. The van der Waals surface area contributed by atoms with Crippen LogP contribution in [0.15, 0.2) is 18.2 Å². The van der Waals surface area contributed by atoms with Crippen LogP contribution in [0.3, 0.4) is 0 Å². The van der Waals surface area contributed by atoms with Crippen LogP contribution in [-0.4, -0.2) is 11.8 Å². The van der Waals surface area contributed by atoms with Gasteiger partial charge in [0.2, 0.25) is 11.8 Å². The minimum Gasteiger partial charge on any atom is -0.397 e. The Labute approximate surface area is 123 Å². The second-order valence-electron chi connectivity index (χ2n) is 6.24. The van der Waals surface area contributed by atoms with Crippen LogP contribution in [0.4, 0.5) is 15.8 Å². The molecule has 2 N–H and O–H groups in total. The van der Waals surface area contributed by atoms with Gasteiger partial charge in [0.05, 0.1) is 11.4 Å². The van der Waals surface area contributed by atoms with Crippen molar-refractivity contribution in [3.8, 4) is 0 Å². The van der Waals surface area contributed by atoms with E-state index in [1.807, 2.05) is 0 Å². The summed E-state index contributed by atoms with van der Waals surface area (Å²) in [5.74, 6) is -1.02. The summed E-state index contributed by atoms with van der Waals surface area (Å²) < 4.78 is 13.4. The maximum absolute atomic E-state index is 13.4. The minimum absolute atomic E-state index is 0.176. The normalized spacial score (nSPS) is 21.9. The first-order valence-electron chi connectivity index (χ1n) is 7.42. The zero-order valence-corrected chi connectivity index (χ0v) is 11.9. The Morgan fingerprint density at radius 2 is 1.67 bits per heavy atom. The quantitative estimate of drug-likeness (QED) is 0.638. The van der Waals surface area contributed by atoms with Gasteiger partial charge >= 0.3 is 0 Å². The van der Waals surface area contributed by atoms with Crippen molar-refractivity contribution in [3.05, 3.63) is 24.0 Å². The smallest absolute Gasteiger partial charge is 0.234 e. The van der Waals surface area contributed by atoms with Gasteiger partial charge in [0.25, 0.3) is 0 Å². The van der Waals surface area contributed by atoms with E-state index < -0.39 is 5.82 Å². The molecule has 1 aromatic rings. The van der Waals surface area contributed by atoms with E-state index in [0.29, 0.717) is 12.8 Å². The molecule has 0 unspecified atom stereocenters. The first kappa shape index (κ1) is 14.0. The van der Waals surface area contributed by atoms with E-state index in [-0.39, 0.29) is 28.6 Å². The van der Waals surface area contributed by atoms with Crippen LogP contribution in [0.1, 0.15) is 44.9 Å². The highest BCUT2D eigenvalue weighted by Gasteiger charge is 2.44. The molecule has 1 saturated heterocycles. The predicted octanol–water partition coefficient (Wildman–Crippen LogP) is 3.01. The molecule has 1 aromatic carbocycles. The van der Waals surface area contributed by atoms with Gasteiger partial charge in [-0.1, -0.05) is 19.3 Å². The number of imide groups is 1. The standard InChI is InChI=1S/C16H19FN2O2/c17-11-4-5-12(18)13(8-11)19-14(20)9-16(10-15(19)21)6-2-1-3-7-16/h4-5,8H,1-3,6-7,9-10,18H2. The number of halogens is 1. The van der Waals surface area contributed by atoms with Gasteiger partial charge in [-0.2, -0.15) is 0 Å². The van der Waals surface area contributed by atoms with Gasteiger partial charge in [-0.3, -0.25) is 9.59 Å². The van der Waals surface area contributed by atoms with Crippen LogP contribution in [0.5, 0.6) is 0 Å². The molecule has 5 heteroatoms. The molecule has 1 saturated carbocycles. The van der Waals surface area contributed by atoms with Gasteiger partial charge in [0.15, 0.2) is 0 Å². The third kappa shape index (κ3) is 2.52. The largest absolute Gasteiger partial charge is 0.397 e. The van der Waals surface area contributed by atoms with Crippen molar-refractivity contribution in [2.45, 2.75) is 44.9 Å². The molecular formula is C16H19FN2O2. The molecule has 1 aliphatic carbocycles. The number of nitrogen functional groups attached to an aromatic ring is 1. The van der Waals surface area contributed by atoms with Crippen molar-refractivity contribution < 1.29 is 14.0 Å². The Balaban J connectivity index is 1.90. The molecule has 1 aliphatic heterocycles. The zero-order chi connectivity index (χ0) is 15.0. The van der Waals surface area contributed by atoms with E-state index >= 15 is 0 Å². The molecule has 2 aliphatic rings. The molecule has 21 heavy (non-hydrogen) atoms. The molecule has 2 fully saturated rings. The van der Waals surface area contributed by atoms with Crippen LogP contribution in [0.2, 0.25) is 0 Å². The first-order chi connectivity index (χ1) is 10.0. The number of hydrogen-bond donors (Lipinski definition) is 1. The summed E-state index contributed by atoms with van der Waals surface area (Å²) >= 11 is 0. The number of hydrogen-bond acceptors (Lipinski definition) is 3. The molecule has 3 rings (SSSR count). The third-order valence-corrected chi connectivity index (χ3v) is 4.70. The topological polar surface area (TPSA) is 63.4 Å². The Bertz CT molecular complexity index is 574. The molecule has 0 aromatic heterocycles. The highest BCUT2D eigenvalue weighted by molar-refractivity contribution is 6.18. The number of nitrogens with zero attached hydrogens (tertiary/aromatic N) is 1. The number of benzene rings is 1. The predicted molar refractivity (Wildman–Crippen MR) is 78.1 cm³/mol. The Hall–Kier alpha value is -1.91. The molecule has 0 bridgehead atoms. The summed E-state index contributed by atoms with van der Waals surface area (Å²) in [4.78, 5) is 26.0. The molecule has 4 nitrogen and oxygen atoms in total. The fraction of sp³-hybridized carbons (Fsp3) is 0.500. The Morgan fingerprint density at radius 1 is 1.05 bits per heavy atom. The van der Waals surface area contributed by atoms with E-state index in [9.17, 15) is 14.0 Å². The van der Waals surface area contributed by atoms with Crippen LogP contribution in [0, 0.1) is 11.2 Å². The summed E-state index contributed by atoms with van der Waals surface area (Å²) in [7, 11) is 0. The summed E-state index contributed by atoms with van der Waals surface area (Å²) in [5.41, 5.74) is 6.05. The lowest BCUT2D eigenvalue weighted by Gasteiger charge is -2.42. The fourth-order valence-electron chi connectivity index (χ4n) is 3.64. The third-order valence-electron chi connectivity index (χ3n) is 4.70. The van der Waals surface area contributed by atoms with Crippen LogP contribution in [-0.2, 0) is 9.59 Å². The number of carbonyl (C=O) groups excluding carboxylic acids is 2. The average molecular weight is 290 g/mol. The van der Waals surface area contributed by atoms with Crippen LogP contribution in [0.25, 0.3) is 0 Å².